The summed E-state index contributed by atoms with van der Waals surface area (Å²) in [7, 11) is 0. The van der Waals surface area contributed by atoms with Crippen molar-refractivity contribution < 1.29 is 0 Å². The molecule has 21 heavy (non-hydrogen) atoms. The largest absolute Gasteiger partial charge is 0.271 e. The minimum absolute atomic E-state index is 0.0195. The number of thiophene rings is 1. The highest BCUT2D eigenvalue weighted by Gasteiger charge is 2.17. The number of benzene rings is 1. The maximum Gasteiger partial charge on any atom is 0.0931 e. The monoisotopic (exact) mass is 320 g/mol. The summed E-state index contributed by atoms with van der Waals surface area (Å²) in [5.41, 5.74) is 5.09. The van der Waals surface area contributed by atoms with E-state index in [1.165, 1.54) is 5.39 Å². The Hall–Kier alpha value is -1.40. The molecular formula is C15H17ClN4S. The maximum atomic E-state index is 6.02. The fraction of sp³-hybridized carbons (Fsp3) is 0.267. The van der Waals surface area contributed by atoms with E-state index >= 15 is 0 Å². The smallest absolute Gasteiger partial charge is 0.0931 e. The van der Waals surface area contributed by atoms with Crippen LogP contribution in [0.25, 0.3) is 10.9 Å². The minimum atomic E-state index is 0.0195. The molecule has 6 heteroatoms. The Morgan fingerprint density at radius 3 is 2.81 bits per heavy atom. The number of fused-ring (bicyclic) bond motifs is 1. The van der Waals surface area contributed by atoms with Gasteiger partial charge in [-0.2, -0.15) is 5.10 Å². The molecule has 1 unspecified atom stereocenters. The number of aryl methyl sites for hydroxylation is 1. The molecule has 0 aliphatic heterocycles. The van der Waals surface area contributed by atoms with E-state index in [1.54, 1.807) is 11.3 Å². The number of nitrogens with two attached hydrogens (primary N) is 1. The summed E-state index contributed by atoms with van der Waals surface area (Å²) in [5, 5.41) is 5.90. The second-order valence-electron chi connectivity index (χ2n) is 4.84. The number of nitrogens with one attached hydrogen (secondary N) is 1. The van der Waals surface area contributed by atoms with Crippen molar-refractivity contribution >= 4 is 33.8 Å². The number of nitrogens with zero attached hydrogens (tertiary/aromatic N) is 2. The highest BCUT2D eigenvalue weighted by Crippen LogP contribution is 2.30. The third-order valence-electron chi connectivity index (χ3n) is 3.57. The van der Waals surface area contributed by atoms with Gasteiger partial charge in [-0.15, -0.1) is 11.3 Å². The second kappa shape index (κ2) is 6.15. The number of hydrogen-bond acceptors (Lipinski definition) is 4. The molecule has 0 spiro atoms. The first-order chi connectivity index (χ1) is 10.2. The minimum Gasteiger partial charge on any atom is -0.271 e. The van der Waals surface area contributed by atoms with E-state index < -0.39 is 0 Å². The summed E-state index contributed by atoms with van der Waals surface area (Å²) in [5.74, 6) is 5.72. The summed E-state index contributed by atoms with van der Waals surface area (Å²) >= 11 is 7.56. The molecule has 3 aromatic rings. The van der Waals surface area contributed by atoms with Crippen LogP contribution in [-0.2, 0) is 13.0 Å². The van der Waals surface area contributed by atoms with Gasteiger partial charge in [0.25, 0.3) is 0 Å². The summed E-state index contributed by atoms with van der Waals surface area (Å²) < 4.78 is 2.80. The quantitative estimate of drug-likeness (QED) is 0.558. The third kappa shape index (κ3) is 2.82. The van der Waals surface area contributed by atoms with Crippen molar-refractivity contribution in [3.8, 4) is 0 Å². The number of hydrazine groups is 1. The van der Waals surface area contributed by atoms with Gasteiger partial charge in [-0.05, 0) is 25.1 Å². The summed E-state index contributed by atoms with van der Waals surface area (Å²) in [6.07, 6.45) is 0.737. The topological polar surface area (TPSA) is 55.9 Å². The van der Waals surface area contributed by atoms with Crippen molar-refractivity contribution in [3.63, 3.8) is 0 Å². The number of para-hydroxylation sites is 1. The van der Waals surface area contributed by atoms with Crippen LogP contribution in [0.3, 0.4) is 0 Å². The Balaban J connectivity index is 1.97. The van der Waals surface area contributed by atoms with E-state index in [9.17, 15) is 0 Å². The molecule has 3 N–H and O–H groups in total. The van der Waals surface area contributed by atoms with Crippen LogP contribution in [0.4, 0.5) is 0 Å². The van der Waals surface area contributed by atoms with Crippen molar-refractivity contribution in [2.45, 2.75) is 25.9 Å². The van der Waals surface area contributed by atoms with Gasteiger partial charge in [0.05, 0.1) is 21.6 Å². The Kier molecular flexibility index (Phi) is 4.26. The predicted molar refractivity (Wildman–Crippen MR) is 88.5 cm³/mol. The zero-order valence-electron chi connectivity index (χ0n) is 11.7. The van der Waals surface area contributed by atoms with Crippen molar-refractivity contribution in [1.82, 2.24) is 15.2 Å². The van der Waals surface area contributed by atoms with E-state index in [-0.39, 0.29) is 6.04 Å². The van der Waals surface area contributed by atoms with Gasteiger partial charge in [0, 0.05) is 23.2 Å². The molecule has 1 atom stereocenters. The molecule has 110 valence electrons. The summed E-state index contributed by atoms with van der Waals surface area (Å²) in [6.45, 7) is 2.95. The van der Waals surface area contributed by atoms with Gasteiger partial charge in [-0.25, -0.2) is 0 Å². The molecule has 0 saturated carbocycles. The third-order valence-corrected chi connectivity index (χ3v) is 4.91. The Morgan fingerprint density at radius 1 is 1.33 bits per heavy atom. The standard InChI is InChI=1S/C15H17ClN4S/c1-2-20-13-6-4-3-5-10(13)11(19-20)9-12(18-17)14-7-8-15(16)21-14/h3-8,12,18H,2,9,17H2,1H3. The van der Waals surface area contributed by atoms with Gasteiger partial charge in [0.2, 0.25) is 0 Å². The van der Waals surface area contributed by atoms with Crippen LogP contribution in [0.2, 0.25) is 4.34 Å². The SMILES string of the molecule is CCn1nc(CC(NN)c2ccc(Cl)s2)c2ccccc21. The zero-order chi connectivity index (χ0) is 14.8. The van der Waals surface area contributed by atoms with Gasteiger partial charge in [0.15, 0.2) is 0 Å². The summed E-state index contributed by atoms with van der Waals surface area (Å²) in [4.78, 5) is 1.12. The van der Waals surface area contributed by atoms with Crippen molar-refractivity contribution in [3.05, 3.63) is 51.3 Å². The maximum absolute atomic E-state index is 6.02. The first-order valence-corrected chi connectivity index (χ1v) is 8.08. The molecule has 0 aliphatic carbocycles. The lowest BCUT2D eigenvalue weighted by Crippen LogP contribution is -2.29. The number of hydrogen-bond donors (Lipinski definition) is 2. The normalized spacial score (nSPS) is 12.9. The number of aromatic nitrogens is 2. The van der Waals surface area contributed by atoms with E-state index in [4.69, 9.17) is 22.5 Å². The molecule has 4 nitrogen and oxygen atoms in total. The highest BCUT2D eigenvalue weighted by molar-refractivity contribution is 7.16. The van der Waals surface area contributed by atoms with Gasteiger partial charge < -0.3 is 0 Å². The fourth-order valence-electron chi connectivity index (χ4n) is 2.54. The van der Waals surface area contributed by atoms with Gasteiger partial charge in [-0.3, -0.25) is 16.0 Å². The highest BCUT2D eigenvalue weighted by atomic mass is 35.5. The lowest BCUT2D eigenvalue weighted by atomic mass is 10.1. The average molecular weight is 321 g/mol. The first-order valence-electron chi connectivity index (χ1n) is 6.88. The molecule has 0 aliphatic rings. The average Bonchev–Trinajstić information content (AvgIpc) is 3.09. The van der Waals surface area contributed by atoms with Crippen molar-refractivity contribution in [2.75, 3.05) is 0 Å². The lowest BCUT2D eigenvalue weighted by molar-refractivity contribution is 0.547. The van der Waals surface area contributed by atoms with Crippen LogP contribution in [-0.4, -0.2) is 9.78 Å². The van der Waals surface area contributed by atoms with Crippen LogP contribution in [0.5, 0.6) is 0 Å². The molecule has 2 aromatic heterocycles. The van der Waals surface area contributed by atoms with E-state index in [0.717, 1.165) is 33.4 Å². The molecule has 0 saturated heterocycles. The van der Waals surface area contributed by atoms with E-state index in [1.807, 2.05) is 28.9 Å². The molecule has 0 radical (unpaired) electrons. The molecule has 0 fully saturated rings. The molecule has 0 amide bonds. The molecule has 1 aromatic carbocycles. The predicted octanol–water partition coefficient (Wildman–Crippen LogP) is 3.52. The molecular weight excluding hydrogens is 304 g/mol. The Bertz CT molecular complexity index is 749. The van der Waals surface area contributed by atoms with Crippen molar-refractivity contribution in [1.29, 1.82) is 0 Å². The van der Waals surface area contributed by atoms with E-state index in [2.05, 4.69) is 24.5 Å². The number of halogens is 1. The van der Waals surface area contributed by atoms with E-state index in [0.29, 0.717) is 0 Å². The zero-order valence-corrected chi connectivity index (χ0v) is 13.3. The second-order valence-corrected chi connectivity index (χ2v) is 6.59. The lowest BCUT2D eigenvalue weighted by Gasteiger charge is -2.12. The van der Waals surface area contributed by atoms with Crippen LogP contribution in [0.15, 0.2) is 36.4 Å². The first kappa shape index (κ1) is 14.5. The van der Waals surface area contributed by atoms with Crippen LogP contribution < -0.4 is 11.3 Å². The van der Waals surface area contributed by atoms with Crippen molar-refractivity contribution in [2.24, 2.45) is 5.84 Å². The van der Waals surface area contributed by atoms with Crippen LogP contribution in [0, 0.1) is 0 Å². The summed E-state index contributed by atoms with van der Waals surface area (Å²) in [6, 6.07) is 12.2. The van der Waals surface area contributed by atoms with Crippen LogP contribution >= 0.6 is 22.9 Å². The molecule has 0 bridgehead atoms. The Morgan fingerprint density at radius 2 is 2.14 bits per heavy atom. The number of rotatable bonds is 5. The molecule has 3 rings (SSSR count). The van der Waals surface area contributed by atoms with Gasteiger partial charge >= 0.3 is 0 Å². The van der Waals surface area contributed by atoms with Gasteiger partial charge in [0.1, 0.15) is 0 Å². The van der Waals surface area contributed by atoms with Crippen LogP contribution in [0.1, 0.15) is 23.5 Å². The van der Waals surface area contributed by atoms with Gasteiger partial charge in [-0.1, -0.05) is 29.8 Å². The molecule has 2 heterocycles. The Labute approximate surface area is 132 Å². The fourth-order valence-corrected chi connectivity index (χ4v) is 3.66.